The van der Waals surface area contributed by atoms with Crippen LogP contribution in [-0.2, 0) is 0 Å². The largest absolute Gasteiger partial charge is 0.478 e. The third-order valence-electron chi connectivity index (χ3n) is 2.19. The fourth-order valence-electron chi connectivity index (χ4n) is 1.35. The van der Waals surface area contributed by atoms with E-state index < -0.39 is 0 Å². The first-order valence-electron chi connectivity index (χ1n) is 5.58. The van der Waals surface area contributed by atoms with E-state index in [1.807, 2.05) is 12.1 Å². The van der Waals surface area contributed by atoms with Gasteiger partial charge < -0.3 is 4.74 Å². The highest BCUT2D eigenvalue weighted by atomic mass is 35.5. The van der Waals surface area contributed by atoms with Crippen LogP contribution in [-0.4, -0.2) is 11.6 Å². The minimum Gasteiger partial charge on any atom is -0.478 e. The molecule has 0 amide bonds. The maximum atomic E-state index is 5.74. The molecule has 0 aliphatic carbocycles. The van der Waals surface area contributed by atoms with E-state index in [0.717, 1.165) is 13.0 Å². The average Bonchev–Trinajstić information content (AvgIpc) is 2.23. The molecule has 1 rings (SSSR count). The van der Waals surface area contributed by atoms with Crippen LogP contribution in [0.2, 0.25) is 5.15 Å². The van der Waals surface area contributed by atoms with E-state index in [1.54, 1.807) is 6.07 Å². The molecule has 15 heavy (non-hydrogen) atoms. The summed E-state index contributed by atoms with van der Waals surface area (Å²) < 4.78 is 5.47. The standard InChI is InChI=1S/C12H18ClNO/c1-2-3-4-5-6-10-15-12-9-7-8-11(13)14-12/h7-9H,2-6,10H2,1H3. The zero-order valence-corrected chi connectivity index (χ0v) is 9.96. The summed E-state index contributed by atoms with van der Waals surface area (Å²) in [4.78, 5) is 4.05. The number of aromatic nitrogens is 1. The Bertz CT molecular complexity index is 278. The van der Waals surface area contributed by atoms with Gasteiger partial charge in [0.1, 0.15) is 5.15 Å². The van der Waals surface area contributed by atoms with Gasteiger partial charge in [0.2, 0.25) is 5.88 Å². The first kappa shape index (κ1) is 12.3. The zero-order valence-electron chi connectivity index (χ0n) is 9.21. The number of nitrogens with zero attached hydrogens (tertiary/aromatic N) is 1. The third-order valence-corrected chi connectivity index (χ3v) is 2.40. The van der Waals surface area contributed by atoms with Crippen LogP contribution in [0, 0.1) is 0 Å². The summed E-state index contributed by atoms with van der Waals surface area (Å²) in [5.74, 6) is 0.623. The molecule has 1 heterocycles. The van der Waals surface area contributed by atoms with Gasteiger partial charge in [-0.1, -0.05) is 50.3 Å². The lowest BCUT2D eigenvalue weighted by molar-refractivity contribution is 0.293. The van der Waals surface area contributed by atoms with Gasteiger partial charge in [0, 0.05) is 6.07 Å². The van der Waals surface area contributed by atoms with Gasteiger partial charge in [0.25, 0.3) is 0 Å². The van der Waals surface area contributed by atoms with E-state index in [-0.39, 0.29) is 0 Å². The number of rotatable bonds is 7. The second-order valence-electron chi connectivity index (χ2n) is 3.56. The second kappa shape index (κ2) is 7.52. The normalized spacial score (nSPS) is 10.3. The Balaban J connectivity index is 2.10. The Kier molecular flexibility index (Phi) is 6.17. The predicted molar refractivity (Wildman–Crippen MR) is 63.5 cm³/mol. The smallest absolute Gasteiger partial charge is 0.214 e. The minimum absolute atomic E-state index is 0.485. The molecular formula is C12H18ClNO. The summed E-state index contributed by atoms with van der Waals surface area (Å²) in [6.45, 7) is 2.95. The summed E-state index contributed by atoms with van der Waals surface area (Å²) in [6, 6.07) is 5.43. The maximum absolute atomic E-state index is 5.74. The topological polar surface area (TPSA) is 22.1 Å². The number of unbranched alkanes of at least 4 members (excludes halogenated alkanes) is 4. The lowest BCUT2D eigenvalue weighted by Crippen LogP contribution is -1.98. The molecule has 0 saturated carbocycles. The number of hydrogen-bond donors (Lipinski definition) is 0. The molecule has 0 unspecified atom stereocenters. The lowest BCUT2D eigenvalue weighted by atomic mass is 10.2. The Morgan fingerprint density at radius 1 is 1.20 bits per heavy atom. The Morgan fingerprint density at radius 3 is 2.73 bits per heavy atom. The van der Waals surface area contributed by atoms with Gasteiger partial charge in [0.15, 0.2) is 0 Å². The molecule has 3 heteroatoms. The van der Waals surface area contributed by atoms with E-state index in [1.165, 1.54) is 25.7 Å². The van der Waals surface area contributed by atoms with Gasteiger partial charge in [0.05, 0.1) is 6.61 Å². The molecular weight excluding hydrogens is 210 g/mol. The van der Waals surface area contributed by atoms with E-state index in [9.17, 15) is 0 Å². The predicted octanol–water partition coefficient (Wildman–Crippen LogP) is 4.08. The van der Waals surface area contributed by atoms with Crippen molar-refractivity contribution in [1.29, 1.82) is 0 Å². The van der Waals surface area contributed by atoms with Crippen LogP contribution in [0.15, 0.2) is 18.2 Å². The quantitative estimate of drug-likeness (QED) is 0.517. The minimum atomic E-state index is 0.485. The molecule has 0 spiro atoms. The number of pyridine rings is 1. The van der Waals surface area contributed by atoms with Crippen molar-refractivity contribution in [2.45, 2.75) is 39.0 Å². The summed E-state index contributed by atoms with van der Waals surface area (Å²) in [5.41, 5.74) is 0. The van der Waals surface area contributed by atoms with Crippen LogP contribution in [0.4, 0.5) is 0 Å². The summed E-state index contributed by atoms with van der Waals surface area (Å²) in [6.07, 6.45) is 6.21. The first-order valence-corrected chi connectivity index (χ1v) is 5.96. The molecule has 0 aromatic carbocycles. The molecule has 0 aliphatic rings. The molecule has 0 bridgehead atoms. The highest BCUT2D eigenvalue weighted by Gasteiger charge is 1.96. The van der Waals surface area contributed by atoms with Crippen molar-refractivity contribution in [1.82, 2.24) is 4.98 Å². The van der Waals surface area contributed by atoms with Gasteiger partial charge in [-0.05, 0) is 12.5 Å². The first-order chi connectivity index (χ1) is 7.33. The van der Waals surface area contributed by atoms with Crippen molar-refractivity contribution in [3.8, 4) is 5.88 Å². The molecule has 0 N–H and O–H groups in total. The van der Waals surface area contributed by atoms with E-state index >= 15 is 0 Å². The Hall–Kier alpha value is -0.760. The SMILES string of the molecule is CCCCCCCOc1cccc(Cl)n1. The molecule has 1 aromatic heterocycles. The second-order valence-corrected chi connectivity index (χ2v) is 3.95. The van der Waals surface area contributed by atoms with Crippen molar-refractivity contribution in [2.24, 2.45) is 0 Å². The molecule has 0 radical (unpaired) electrons. The van der Waals surface area contributed by atoms with Crippen LogP contribution in [0.1, 0.15) is 39.0 Å². The average molecular weight is 228 g/mol. The van der Waals surface area contributed by atoms with Crippen molar-refractivity contribution >= 4 is 11.6 Å². The summed E-state index contributed by atoms with van der Waals surface area (Å²) in [5, 5.41) is 0.485. The number of halogens is 1. The fourth-order valence-corrected chi connectivity index (χ4v) is 1.51. The van der Waals surface area contributed by atoms with Crippen LogP contribution < -0.4 is 4.74 Å². The van der Waals surface area contributed by atoms with Crippen molar-refractivity contribution < 1.29 is 4.74 Å². The molecule has 0 aliphatic heterocycles. The Morgan fingerprint density at radius 2 is 2.00 bits per heavy atom. The Labute approximate surface area is 96.6 Å². The summed E-state index contributed by atoms with van der Waals surface area (Å²) in [7, 11) is 0. The fraction of sp³-hybridized carbons (Fsp3) is 0.583. The monoisotopic (exact) mass is 227 g/mol. The van der Waals surface area contributed by atoms with Crippen molar-refractivity contribution in [3.05, 3.63) is 23.4 Å². The molecule has 0 saturated heterocycles. The van der Waals surface area contributed by atoms with E-state index in [2.05, 4.69) is 11.9 Å². The van der Waals surface area contributed by atoms with E-state index in [0.29, 0.717) is 11.0 Å². The lowest BCUT2D eigenvalue weighted by Gasteiger charge is -2.04. The van der Waals surface area contributed by atoms with Gasteiger partial charge in [-0.25, -0.2) is 4.98 Å². The van der Waals surface area contributed by atoms with Crippen LogP contribution >= 0.6 is 11.6 Å². The van der Waals surface area contributed by atoms with Crippen LogP contribution in [0.5, 0.6) is 5.88 Å². The van der Waals surface area contributed by atoms with Crippen LogP contribution in [0.25, 0.3) is 0 Å². The van der Waals surface area contributed by atoms with Gasteiger partial charge in [-0.3, -0.25) is 0 Å². The highest BCUT2D eigenvalue weighted by Crippen LogP contribution is 2.12. The van der Waals surface area contributed by atoms with Gasteiger partial charge in [-0.15, -0.1) is 0 Å². The zero-order chi connectivity index (χ0) is 10.9. The van der Waals surface area contributed by atoms with Crippen LogP contribution in [0.3, 0.4) is 0 Å². The van der Waals surface area contributed by atoms with Crippen molar-refractivity contribution in [3.63, 3.8) is 0 Å². The third kappa shape index (κ3) is 5.63. The maximum Gasteiger partial charge on any atom is 0.214 e. The number of ether oxygens (including phenoxy) is 1. The molecule has 0 atom stereocenters. The highest BCUT2D eigenvalue weighted by molar-refractivity contribution is 6.29. The molecule has 2 nitrogen and oxygen atoms in total. The van der Waals surface area contributed by atoms with Gasteiger partial charge >= 0.3 is 0 Å². The molecule has 84 valence electrons. The molecule has 1 aromatic rings. The summed E-state index contributed by atoms with van der Waals surface area (Å²) >= 11 is 5.74. The van der Waals surface area contributed by atoms with E-state index in [4.69, 9.17) is 16.3 Å². The molecule has 0 fully saturated rings. The van der Waals surface area contributed by atoms with Crippen molar-refractivity contribution in [2.75, 3.05) is 6.61 Å². The van der Waals surface area contributed by atoms with Gasteiger partial charge in [-0.2, -0.15) is 0 Å². The number of hydrogen-bond acceptors (Lipinski definition) is 2.